The SMILES string of the molecule is CC1CCCN(C2(CN)CCS(=O)(=O)C2)C1C. The second kappa shape index (κ2) is 4.52. The van der Waals surface area contributed by atoms with Crippen LogP contribution in [0.2, 0.25) is 0 Å². The van der Waals surface area contributed by atoms with Crippen molar-refractivity contribution in [1.82, 2.24) is 4.90 Å². The summed E-state index contributed by atoms with van der Waals surface area (Å²) in [5.74, 6) is 1.20. The molecule has 0 saturated carbocycles. The zero-order valence-corrected chi connectivity index (χ0v) is 11.7. The van der Waals surface area contributed by atoms with Crippen LogP contribution in [0.4, 0.5) is 0 Å². The van der Waals surface area contributed by atoms with E-state index in [9.17, 15) is 8.42 Å². The van der Waals surface area contributed by atoms with E-state index in [4.69, 9.17) is 5.73 Å². The van der Waals surface area contributed by atoms with E-state index >= 15 is 0 Å². The van der Waals surface area contributed by atoms with Crippen LogP contribution in [0.1, 0.15) is 33.1 Å². The van der Waals surface area contributed by atoms with E-state index in [2.05, 4.69) is 18.7 Å². The van der Waals surface area contributed by atoms with Gasteiger partial charge in [0.05, 0.1) is 11.5 Å². The van der Waals surface area contributed by atoms with E-state index in [0.29, 0.717) is 30.7 Å². The van der Waals surface area contributed by atoms with Gasteiger partial charge in [-0.3, -0.25) is 4.90 Å². The third-order valence-corrected chi connectivity index (χ3v) is 6.53. The van der Waals surface area contributed by atoms with Crippen LogP contribution in [0.5, 0.6) is 0 Å². The third kappa shape index (κ3) is 2.37. The predicted octanol–water partition coefficient (Wildman–Crippen LogP) is 0.623. The number of rotatable bonds is 2. The summed E-state index contributed by atoms with van der Waals surface area (Å²) < 4.78 is 23.5. The van der Waals surface area contributed by atoms with Crippen molar-refractivity contribution < 1.29 is 8.42 Å². The van der Waals surface area contributed by atoms with Crippen LogP contribution in [0.3, 0.4) is 0 Å². The fraction of sp³-hybridized carbons (Fsp3) is 1.00. The lowest BCUT2D eigenvalue weighted by Crippen LogP contribution is -2.61. The van der Waals surface area contributed by atoms with Crippen LogP contribution >= 0.6 is 0 Å². The van der Waals surface area contributed by atoms with Crippen molar-refractivity contribution in [1.29, 1.82) is 0 Å². The average molecular weight is 260 g/mol. The lowest BCUT2D eigenvalue weighted by molar-refractivity contribution is 0.0187. The van der Waals surface area contributed by atoms with E-state index in [0.717, 1.165) is 13.0 Å². The first-order valence-electron chi connectivity index (χ1n) is 6.57. The Morgan fingerprint density at radius 2 is 2.12 bits per heavy atom. The minimum Gasteiger partial charge on any atom is -0.329 e. The van der Waals surface area contributed by atoms with Crippen LogP contribution in [0.25, 0.3) is 0 Å². The molecule has 2 rings (SSSR count). The number of nitrogens with zero attached hydrogens (tertiary/aromatic N) is 1. The second-order valence-corrected chi connectivity index (χ2v) is 8.01. The summed E-state index contributed by atoms with van der Waals surface area (Å²) in [6, 6.07) is 0.445. The summed E-state index contributed by atoms with van der Waals surface area (Å²) in [6.07, 6.45) is 3.11. The Hall–Kier alpha value is -0.130. The van der Waals surface area contributed by atoms with Gasteiger partial charge in [-0.2, -0.15) is 0 Å². The molecule has 2 fully saturated rings. The molecule has 5 heteroatoms. The summed E-state index contributed by atoms with van der Waals surface area (Å²) >= 11 is 0. The average Bonchev–Trinajstić information content (AvgIpc) is 2.59. The molecule has 2 heterocycles. The first-order chi connectivity index (χ1) is 7.90. The summed E-state index contributed by atoms with van der Waals surface area (Å²) in [7, 11) is -2.88. The van der Waals surface area contributed by atoms with Gasteiger partial charge in [-0.25, -0.2) is 8.42 Å². The minimum absolute atomic E-state index is 0.258. The van der Waals surface area contributed by atoms with Gasteiger partial charge in [-0.05, 0) is 38.6 Å². The molecule has 2 N–H and O–H groups in total. The van der Waals surface area contributed by atoms with Crippen molar-refractivity contribution in [2.75, 3.05) is 24.6 Å². The van der Waals surface area contributed by atoms with Crippen LogP contribution < -0.4 is 5.73 Å². The monoisotopic (exact) mass is 260 g/mol. The van der Waals surface area contributed by atoms with Gasteiger partial charge in [0.15, 0.2) is 9.84 Å². The molecule has 3 atom stereocenters. The number of likely N-dealkylation sites (tertiary alicyclic amines) is 1. The first kappa shape index (κ1) is 13.3. The smallest absolute Gasteiger partial charge is 0.152 e. The van der Waals surface area contributed by atoms with E-state index < -0.39 is 9.84 Å². The normalized spacial score (nSPS) is 42.8. The predicted molar refractivity (Wildman–Crippen MR) is 69.6 cm³/mol. The molecule has 2 saturated heterocycles. The minimum atomic E-state index is -2.88. The summed E-state index contributed by atoms with van der Waals surface area (Å²) in [5, 5.41) is 0. The number of hydrogen-bond acceptors (Lipinski definition) is 4. The maximum absolute atomic E-state index is 11.8. The summed E-state index contributed by atoms with van der Waals surface area (Å²) in [5.41, 5.74) is 5.64. The molecule has 0 amide bonds. The van der Waals surface area contributed by atoms with Crippen LogP contribution in [-0.2, 0) is 9.84 Å². The topological polar surface area (TPSA) is 63.4 Å². The van der Waals surface area contributed by atoms with E-state index in [1.807, 2.05) is 0 Å². The highest BCUT2D eigenvalue weighted by atomic mass is 32.2. The highest BCUT2D eigenvalue weighted by molar-refractivity contribution is 7.91. The quantitative estimate of drug-likeness (QED) is 0.791. The molecule has 100 valence electrons. The van der Waals surface area contributed by atoms with Gasteiger partial charge in [-0.1, -0.05) is 6.92 Å². The van der Waals surface area contributed by atoms with Gasteiger partial charge in [0.1, 0.15) is 0 Å². The molecule has 0 spiro atoms. The third-order valence-electron chi connectivity index (χ3n) is 4.73. The molecule has 0 aliphatic carbocycles. The standard InChI is InChI=1S/C12H24N2O2S/c1-10-4-3-6-14(11(10)2)12(8-13)5-7-17(15,16)9-12/h10-11H,3-9,13H2,1-2H3. The fourth-order valence-electron chi connectivity index (χ4n) is 3.41. The van der Waals surface area contributed by atoms with Crippen molar-refractivity contribution in [3.05, 3.63) is 0 Å². The largest absolute Gasteiger partial charge is 0.329 e. The zero-order chi connectivity index (χ0) is 12.7. The van der Waals surface area contributed by atoms with E-state index in [1.54, 1.807) is 0 Å². The van der Waals surface area contributed by atoms with Crippen molar-refractivity contribution >= 4 is 9.84 Å². The Balaban J connectivity index is 2.24. The Morgan fingerprint density at radius 3 is 2.65 bits per heavy atom. The highest BCUT2D eigenvalue weighted by Crippen LogP contribution is 2.35. The fourth-order valence-corrected chi connectivity index (χ4v) is 5.49. The van der Waals surface area contributed by atoms with Gasteiger partial charge < -0.3 is 5.73 Å². The van der Waals surface area contributed by atoms with Crippen molar-refractivity contribution in [2.24, 2.45) is 11.7 Å². The molecule has 4 nitrogen and oxygen atoms in total. The lowest BCUT2D eigenvalue weighted by atomic mass is 9.85. The molecular formula is C12H24N2O2S. The number of hydrogen-bond donors (Lipinski definition) is 1. The van der Waals surface area contributed by atoms with Crippen LogP contribution in [-0.4, -0.2) is 49.5 Å². The summed E-state index contributed by atoms with van der Waals surface area (Å²) in [4.78, 5) is 2.38. The molecule has 17 heavy (non-hydrogen) atoms. The van der Waals surface area contributed by atoms with Gasteiger partial charge >= 0.3 is 0 Å². The molecule has 0 bridgehead atoms. The number of nitrogens with two attached hydrogens (primary N) is 1. The van der Waals surface area contributed by atoms with Crippen molar-refractivity contribution in [3.63, 3.8) is 0 Å². The number of sulfone groups is 1. The van der Waals surface area contributed by atoms with Gasteiger partial charge in [0.25, 0.3) is 0 Å². The molecule has 0 radical (unpaired) electrons. The van der Waals surface area contributed by atoms with Crippen molar-refractivity contribution in [3.8, 4) is 0 Å². The molecule has 2 aliphatic heterocycles. The molecule has 2 aliphatic rings. The van der Waals surface area contributed by atoms with Crippen molar-refractivity contribution in [2.45, 2.75) is 44.7 Å². The van der Waals surface area contributed by atoms with E-state index in [-0.39, 0.29) is 11.3 Å². The molecule has 0 aromatic carbocycles. The lowest BCUT2D eigenvalue weighted by Gasteiger charge is -2.48. The first-order valence-corrected chi connectivity index (χ1v) is 8.40. The molecule has 0 aromatic heterocycles. The van der Waals surface area contributed by atoms with Gasteiger partial charge in [0, 0.05) is 18.1 Å². The Bertz CT molecular complexity index is 382. The highest BCUT2D eigenvalue weighted by Gasteiger charge is 2.48. The van der Waals surface area contributed by atoms with Crippen LogP contribution in [0, 0.1) is 5.92 Å². The maximum atomic E-state index is 11.8. The Morgan fingerprint density at radius 1 is 1.41 bits per heavy atom. The molecular weight excluding hydrogens is 236 g/mol. The maximum Gasteiger partial charge on any atom is 0.152 e. The van der Waals surface area contributed by atoms with E-state index in [1.165, 1.54) is 6.42 Å². The Labute approximate surface area is 104 Å². The number of piperidine rings is 1. The van der Waals surface area contributed by atoms with Gasteiger partial charge in [-0.15, -0.1) is 0 Å². The summed E-state index contributed by atoms with van der Waals surface area (Å²) in [6.45, 7) is 5.93. The van der Waals surface area contributed by atoms with Gasteiger partial charge in [0.2, 0.25) is 0 Å². The molecule has 3 unspecified atom stereocenters. The van der Waals surface area contributed by atoms with Crippen LogP contribution in [0.15, 0.2) is 0 Å². The molecule has 0 aromatic rings. The Kier molecular flexibility index (Phi) is 3.54. The zero-order valence-electron chi connectivity index (χ0n) is 10.9. The second-order valence-electron chi connectivity index (χ2n) is 5.82.